The number of nitrogens with zero attached hydrogens (tertiary/aromatic N) is 1. The molecule has 1 aromatic carbocycles. The van der Waals surface area contributed by atoms with Crippen LogP contribution < -0.4 is 10.0 Å². The molecule has 2 N–H and O–H groups in total. The van der Waals surface area contributed by atoms with E-state index in [0.29, 0.717) is 0 Å². The number of halogens is 3. The highest BCUT2D eigenvalue weighted by Gasteiger charge is 2.33. The summed E-state index contributed by atoms with van der Waals surface area (Å²) in [4.78, 5) is 0. The highest BCUT2D eigenvalue weighted by Crippen LogP contribution is 2.32. The van der Waals surface area contributed by atoms with Gasteiger partial charge in [0, 0.05) is 12.2 Å². The first-order chi connectivity index (χ1) is 9.19. The van der Waals surface area contributed by atoms with Crippen LogP contribution in [0.5, 0.6) is 0 Å². The van der Waals surface area contributed by atoms with Gasteiger partial charge in [0.1, 0.15) is 0 Å². The summed E-state index contributed by atoms with van der Waals surface area (Å²) in [6.07, 6.45) is -4.60. The van der Waals surface area contributed by atoms with Gasteiger partial charge >= 0.3 is 6.18 Å². The molecule has 9 heteroatoms. The van der Waals surface area contributed by atoms with Gasteiger partial charge in [0.05, 0.1) is 22.9 Å². The lowest BCUT2D eigenvalue weighted by molar-refractivity contribution is -0.137. The lowest BCUT2D eigenvalue weighted by atomic mass is 10.1. The zero-order chi connectivity index (χ0) is 15.4. The van der Waals surface area contributed by atoms with Crippen LogP contribution in [0.15, 0.2) is 18.2 Å². The van der Waals surface area contributed by atoms with Crippen LogP contribution in [0.25, 0.3) is 0 Å². The number of nitriles is 1. The zero-order valence-corrected chi connectivity index (χ0v) is 11.3. The zero-order valence-electron chi connectivity index (χ0n) is 10.5. The molecule has 0 saturated heterocycles. The van der Waals surface area contributed by atoms with Gasteiger partial charge in [-0.15, -0.1) is 0 Å². The molecule has 0 bridgehead atoms. The molecular formula is C11H12F3N3O2S. The number of hydrogen-bond donors (Lipinski definition) is 2. The van der Waals surface area contributed by atoms with E-state index >= 15 is 0 Å². The van der Waals surface area contributed by atoms with E-state index in [4.69, 9.17) is 5.26 Å². The standard InChI is InChI=1S/C11H12F3N3O2S/c1-16-20(18,19)5-4-17-9-2-3-10(11(12,13)14)8(6-9)7-15/h2-3,6,16-17H,4-5H2,1H3. The summed E-state index contributed by atoms with van der Waals surface area (Å²) < 4.78 is 62.1. The van der Waals surface area contributed by atoms with Crippen LogP contribution in [0, 0.1) is 11.3 Å². The molecule has 1 rings (SSSR count). The molecule has 0 atom stereocenters. The quantitative estimate of drug-likeness (QED) is 0.864. The topological polar surface area (TPSA) is 82.0 Å². The second-order valence-corrected chi connectivity index (χ2v) is 5.87. The Morgan fingerprint density at radius 2 is 2.00 bits per heavy atom. The van der Waals surface area contributed by atoms with E-state index < -0.39 is 27.3 Å². The third kappa shape index (κ3) is 4.40. The molecule has 110 valence electrons. The summed E-state index contributed by atoms with van der Waals surface area (Å²) in [5, 5.41) is 11.4. The molecule has 20 heavy (non-hydrogen) atoms. The molecule has 0 aliphatic rings. The van der Waals surface area contributed by atoms with Crippen molar-refractivity contribution in [3.05, 3.63) is 29.3 Å². The first kappa shape index (κ1) is 16.3. The number of rotatable bonds is 5. The molecule has 0 spiro atoms. The van der Waals surface area contributed by atoms with E-state index in [9.17, 15) is 21.6 Å². The molecule has 0 aliphatic heterocycles. The fourth-order valence-electron chi connectivity index (χ4n) is 1.43. The maximum absolute atomic E-state index is 12.6. The Labute approximate surface area is 114 Å². The molecule has 0 radical (unpaired) electrons. The number of anilines is 1. The highest BCUT2D eigenvalue weighted by atomic mass is 32.2. The van der Waals surface area contributed by atoms with E-state index in [1.165, 1.54) is 13.1 Å². The molecule has 0 saturated carbocycles. The van der Waals surface area contributed by atoms with E-state index in [2.05, 4.69) is 10.0 Å². The molecular weight excluding hydrogens is 295 g/mol. The third-order valence-corrected chi connectivity index (χ3v) is 3.82. The lowest BCUT2D eigenvalue weighted by Gasteiger charge is -2.11. The van der Waals surface area contributed by atoms with Crippen molar-refractivity contribution in [3.63, 3.8) is 0 Å². The molecule has 1 aromatic rings. The highest BCUT2D eigenvalue weighted by molar-refractivity contribution is 7.89. The van der Waals surface area contributed by atoms with Crippen molar-refractivity contribution in [2.75, 3.05) is 24.7 Å². The first-order valence-electron chi connectivity index (χ1n) is 5.46. The molecule has 0 aromatic heterocycles. The predicted octanol–water partition coefficient (Wildman–Crippen LogP) is 1.54. The second kappa shape index (κ2) is 6.11. The van der Waals surface area contributed by atoms with Crippen LogP contribution in [-0.4, -0.2) is 27.8 Å². The van der Waals surface area contributed by atoms with Crippen molar-refractivity contribution in [2.45, 2.75) is 6.18 Å². The van der Waals surface area contributed by atoms with Gasteiger partial charge in [-0.1, -0.05) is 0 Å². The van der Waals surface area contributed by atoms with Crippen LogP contribution in [0.1, 0.15) is 11.1 Å². The van der Waals surface area contributed by atoms with E-state index in [-0.39, 0.29) is 18.0 Å². The van der Waals surface area contributed by atoms with Gasteiger partial charge in [-0.3, -0.25) is 0 Å². The predicted molar refractivity (Wildman–Crippen MR) is 67.5 cm³/mol. The molecule has 0 fully saturated rings. The summed E-state index contributed by atoms with van der Waals surface area (Å²) in [6.45, 7) is 0.0133. The van der Waals surface area contributed by atoms with Crippen LogP contribution in [0.4, 0.5) is 18.9 Å². The van der Waals surface area contributed by atoms with Crippen LogP contribution >= 0.6 is 0 Å². The number of alkyl halides is 3. The number of benzene rings is 1. The largest absolute Gasteiger partial charge is 0.417 e. The molecule has 0 unspecified atom stereocenters. The van der Waals surface area contributed by atoms with Crippen LogP contribution in [0.3, 0.4) is 0 Å². The fraction of sp³-hybridized carbons (Fsp3) is 0.364. The molecule has 0 aliphatic carbocycles. The Balaban J connectivity index is 2.83. The van der Waals surface area contributed by atoms with E-state index in [0.717, 1.165) is 18.2 Å². The van der Waals surface area contributed by atoms with Crippen molar-refractivity contribution >= 4 is 15.7 Å². The molecule has 0 heterocycles. The minimum absolute atomic E-state index is 0.0133. The van der Waals surface area contributed by atoms with Crippen molar-refractivity contribution in [3.8, 4) is 6.07 Å². The summed E-state index contributed by atoms with van der Waals surface area (Å²) >= 11 is 0. The molecule has 5 nitrogen and oxygen atoms in total. The average Bonchev–Trinajstić information content (AvgIpc) is 2.37. The lowest BCUT2D eigenvalue weighted by Crippen LogP contribution is -2.26. The third-order valence-electron chi connectivity index (χ3n) is 2.46. The number of nitrogens with one attached hydrogen (secondary N) is 2. The Morgan fingerprint density at radius 3 is 2.50 bits per heavy atom. The van der Waals surface area contributed by atoms with Crippen molar-refractivity contribution in [1.82, 2.24) is 4.72 Å². The van der Waals surface area contributed by atoms with Gasteiger partial charge in [-0.25, -0.2) is 13.1 Å². The number of sulfonamides is 1. The summed E-state index contributed by atoms with van der Waals surface area (Å²) in [7, 11) is -2.13. The average molecular weight is 307 g/mol. The van der Waals surface area contributed by atoms with Crippen LogP contribution in [-0.2, 0) is 16.2 Å². The van der Waals surface area contributed by atoms with Crippen molar-refractivity contribution in [1.29, 1.82) is 5.26 Å². The Hall–Kier alpha value is -1.79. The van der Waals surface area contributed by atoms with Crippen molar-refractivity contribution in [2.24, 2.45) is 0 Å². The fourth-order valence-corrected chi connectivity index (χ4v) is 2.00. The minimum Gasteiger partial charge on any atom is -0.384 e. The first-order valence-corrected chi connectivity index (χ1v) is 7.11. The normalized spacial score (nSPS) is 11.9. The Kier molecular flexibility index (Phi) is 4.97. The minimum atomic E-state index is -4.60. The summed E-state index contributed by atoms with van der Waals surface area (Å²) in [6, 6.07) is 4.44. The Bertz CT molecular complexity index is 621. The van der Waals surface area contributed by atoms with Gasteiger partial charge in [0.15, 0.2) is 0 Å². The van der Waals surface area contributed by atoms with Crippen LogP contribution in [0.2, 0.25) is 0 Å². The summed E-state index contributed by atoms with van der Waals surface area (Å²) in [5.74, 6) is -0.230. The van der Waals surface area contributed by atoms with Crippen molar-refractivity contribution < 1.29 is 21.6 Å². The second-order valence-electron chi connectivity index (χ2n) is 3.82. The van der Waals surface area contributed by atoms with Gasteiger partial charge < -0.3 is 5.32 Å². The van der Waals surface area contributed by atoms with Gasteiger partial charge in [0.2, 0.25) is 10.0 Å². The van der Waals surface area contributed by atoms with Gasteiger partial charge in [-0.2, -0.15) is 18.4 Å². The smallest absolute Gasteiger partial charge is 0.384 e. The summed E-state index contributed by atoms with van der Waals surface area (Å²) in [5.41, 5.74) is -1.28. The Morgan fingerprint density at radius 1 is 1.35 bits per heavy atom. The maximum Gasteiger partial charge on any atom is 0.417 e. The van der Waals surface area contributed by atoms with E-state index in [1.807, 2.05) is 0 Å². The number of hydrogen-bond acceptors (Lipinski definition) is 4. The monoisotopic (exact) mass is 307 g/mol. The molecule has 0 amide bonds. The van der Waals surface area contributed by atoms with Gasteiger partial charge in [0.25, 0.3) is 0 Å². The van der Waals surface area contributed by atoms with Gasteiger partial charge in [-0.05, 0) is 25.2 Å². The maximum atomic E-state index is 12.6. The van der Waals surface area contributed by atoms with E-state index in [1.54, 1.807) is 0 Å². The SMILES string of the molecule is CNS(=O)(=O)CCNc1ccc(C(F)(F)F)c(C#N)c1.